The second-order valence-corrected chi connectivity index (χ2v) is 10.5. The van der Waals surface area contributed by atoms with E-state index in [-0.39, 0.29) is 18.3 Å². The molecular formula is C24H23F3N8O2S. The van der Waals surface area contributed by atoms with Crippen LogP contribution in [0.15, 0.2) is 41.3 Å². The summed E-state index contributed by atoms with van der Waals surface area (Å²) in [7, 11) is 0. The first-order valence-corrected chi connectivity index (χ1v) is 12.6. The molecule has 0 atom stereocenters. The van der Waals surface area contributed by atoms with Crippen LogP contribution in [0.5, 0.6) is 0 Å². The van der Waals surface area contributed by atoms with Crippen molar-refractivity contribution in [2.24, 2.45) is 11.8 Å². The highest BCUT2D eigenvalue weighted by Gasteiger charge is 2.38. The summed E-state index contributed by atoms with van der Waals surface area (Å²) in [6, 6.07) is 5.02. The molecule has 0 bridgehead atoms. The van der Waals surface area contributed by atoms with Gasteiger partial charge < -0.3 is 14.3 Å². The highest BCUT2D eigenvalue weighted by Crippen LogP contribution is 2.34. The molecule has 0 unspecified atom stereocenters. The zero-order valence-corrected chi connectivity index (χ0v) is 21.5. The quantitative estimate of drug-likeness (QED) is 0.324. The molecule has 5 rings (SSSR count). The van der Waals surface area contributed by atoms with Gasteiger partial charge in [-0.25, -0.2) is 4.98 Å². The maximum atomic E-state index is 13.1. The molecule has 4 aromatic rings. The topological polar surface area (TPSA) is 114 Å². The highest BCUT2D eigenvalue weighted by molar-refractivity contribution is 7.15. The third kappa shape index (κ3) is 5.35. The zero-order valence-electron chi connectivity index (χ0n) is 20.7. The number of nitrogens with zero attached hydrogens (tertiary/aromatic N) is 8. The molecule has 1 fully saturated rings. The van der Waals surface area contributed by atoms with Gasteiger partial charge in [0.05, 0.1) is 35.1 Å². The summed E-state index contributed by atoms with van der Waals surface area (Å²) in [5.74, 6) is 0.154. The number of likely N-dealkylation sites (tertiary alicyclic amines) is 1. The molecule has 0 spiro atoms. The molecule has 1 aliphatic heterocycles. The van der Waals surface area contributed by atoms with Gasteiger partial charge in [-0.3, -0.25) is 9.78 Å². The van der Waals surface area contributed by atoms with Gasteiger partial charge >= 0.3 is 12.1 Å². The summed E-state index contributed by atoms with van der Waals surface area (Å²) in [6.45, 7) is 7.72. The second-order valence-electron chi connectivity index (χ2n) is 9.31. The van der Waals surface area contributed by atoms with E-state index in [0.717, 1.165) is 4.88 Å². The number of hydrogen-bond acceptors (Lipinski definition) is 10. The number of carbonyl (C=O) groups is 1. The number of hydrogen-bond donors (Lipinski definition) is 0. The normalized spacial score (nSPS) is 14.1. The van der Waals surface area contributed by atoms with Gasteiger partial charge in [0.15, 0.2) is 11.6 Å². The summed E-state index contributed by atoms with van der Waals surface area (Å²) >= 11 is 1.20. The van der Waals surface area contributed by atoms with E-state index in [1.54, 1.807) is 47.3 Å². The molecule has 1 amide bonds. The highest BCUT2D eigenvalue weighted by atomic mass is 32.1. The second kappa shape index (κ2) is 10.1. The van der Waals surface area contributed by atoms with Crippen LogP contribution in [0.25, 0.3) is 10.7 Å². The molecule has 14 heteroatoms. The van der Waals surface area contributed by atoms with Crippen LogP contribution >= 0.6 is 11.3 Å². The lowest BCUT2D eigenvalue weighted by Gasteiger charge is -2.41. The van der Waals surface area contributed by atoms with E-state index in [4.69, 9.17) is 0 Å². The number of amides is 1. The molecule has 0 aliphatic carbocycles. The SMILES string of the molecule is Cc1cncc(N(Cc2ccc(-c3noc(C(F)(F)F)n3)s2)c2cc(C(=O)N3CC(C(C)C)C3)cnn2)n1. The predicted octanol–water partition coefficient (Wildman–Crippen LogP) is 4.77. The minimum absolute atomic E-state index is 0.121. The summed E-state index contributed by atoms with van der Waals surface area (Å²) in [5.41, 5.74) is 1.08. The van der Waals surface area contributed by atoms with Crippen LogP contribution in [0.1, 0.15) is 40.7 Å². The number of aromatic nitrogens is 6. The number of aryl methyl sites for hydroxylation is 1. The maximum Gasteiger partial charge on any atom is 0.471 e. The number of thiophene rings is 1. The number of halogens is 3. The molecule has 198 valence electrons. The molecule has 1 saturated heterocycles. The van der Waals surface area contributed by atoms with Crippen LogP contribution < -0.4 is 4.90 Å². The number of alkyl halides is 3. The molecule has 0 aromatic carbocycles. The molecule has 4 aromatic heterocycles. The van der Waals surface area contributed by atoms with Gasteiger partial charge in [0.1, 0.15) is 0 Å². The lowest BCUT2D eigenvalue weighted by Crippen LogP contribution is -2.51. The van der Waals surface area contributed by atoms with Crippen molar-refractivity contribution in [3.63, 3.8) is 0 Å². The van der Waals surface area contributed by atoms with Crippen molar-refractivity contribution in [1.82, 2.24) is 35.2 Å². The molecule has 1 aliphatic rings. The Morgan fingerprint density at radius 3 is 2.66 bits per heavy atom. The van der Waals surface area contributed by atoms with Gasteiger partial charge in [0, 0.05) is 24.2 Å². The Bertz CT molecular complexity index is 1450. The first-order chi connectivity index (χ1) is 18.1. The van der Waals surface area contributed by atoms with E-state index in [9.17, 15) is 18.0 Å². The largest absolute Gasteiger partial charge is 0.471 e. The standard InChI is InChI=1S/C24H23F3N8O2S/c1-13(2)16-10-34(11-16)22(36)15-6-19(32-29-8-15)35(20-9-28-7-14(3)30-20)12-17-4-5-18(38-17)21-31-23(37-33-21)24(25,26)27/h4-9,13,16H,10-12H2,1-3H3. The Labute approximate surface area is 219 Å². The Kier molecular flexibility index (Phi) is 6.82. The van der Waals surface area contributed by atoms with Crippen molar-refractivity contribution in [3.05, 3.63) is 58.8 Å². The summed E-state index contributed by atoms with van der Waals surface area (Å²) < 4.78 is 43.0. The zero-order chi connectivity index (χ0) is 27.0. The molecule has 5 heterocycles. The van der Waals surface area contributed by atoms with Crippen LogP contribution in [0.4, 0.5) is 24.8 Å². The maximum absolute atomic E-state index is 13.1. The van der Waals surface area contributed by atoms with Crippen LogP contribution in [0, 0.1) is 18.8 Å². The van der Waals surface area contributed by atoms with Crippen LogP contribution in [0.3, 0.4) is 0 Å². The van der Waals surface area contributed by atoms with Crippen molar-refractivity contribution in [3.8, 4) is 10.7 Å². The van der Waals surface area contributed by atoms with Crippen LogP contribution in [-0.4, -0.2) is 54.2 Å². The van der Waals surface area contributed by atoms with Crippen molar-refractivity contribution in [1.29, 1.82) is 0 Å². The molecule has 38 heavy (non-hydrogen) atoms. The first-order valence-electron chi connectivity index (χ1n) is 11.8. The lowest BCUT2D eigenvalue weighted by molar-refractivity contribution is -0.159. The van der Waals surface area contributed by atoms with E-state index in [2.05, 4.69) is 48.7 Å². The molecular weight excluding hydrogens is 521 g/mol. The molecule has 10 nitrogen and oxygen atoms in total. The lowest BCUT2D eigenvalue weighted by atomic mass is 9.88. The van der Waals surface area contributed by atoms with Gasteiger partial charge in [0.25, 0.3) is 5.91 Å². The van der Waals surface area contributed by atoms with Crippen molar-refractivity contribution < 1.29 is 22.5 Å². The van der Waals surface area contributed by atoms with Gasteiger partial charge in [-0.05, 0) is 37.0 Å². The Balaban J connectivity index is 1.42. The molecule has 0 saturated carbocycles. The van der Waals surface area contributed by atoms with E-state index < -0.39 is 12.1 Å². The van der Waals surface area contributed by atoms with Crippen molar-refractivity contribution in [2.45, 2.75) is 33.5 Å². The van der Waals surface area contributed by atoms with Crippen LogP contribution in [-0.2, 0) is 12.7 Å². The van der Waals surface area contributed by atoms with E-state index >= 15 is 0 Å². The third-order valence-corrected chi connectivity index (χ3v) is 7.25. The summed E-state index contributed by atoms with van der Waals surface area (Å²) in [6.07, 6.45) is -0.111. The smallest absolute Gasteiger partial charge is 0.338 e. The fraction of sp³-hybridized carbons (Fsp3) is 0.375. The van der Waals surface area contributed by atoms with Gasteiger partial charge in [-0.2, -0.15) is 23.3 Å². The fourth-order valence-corrected chi connectivity index (χ4v) is 4.85. The number of carbonyl (C=O) groups excluding carboxylic acids is 1. The van der Waals surface area contributed by atoms with E-state index in [1.165, 1.54) is 17.5 Å². The number of rotatable bonds is 7. The summed E-state index contributed by atoms with van der Waals surface area (Å²) in [5, 5.41) is 11.8. The monoisotopic (exact) mass is 544 g/mol. The predicted molar refractivity (Wildman–Crippen MR) is 131 cm³/mol. The Hall–Kier alpha value is -3.94. The van der Waals surface area contributed by atoms with E-state index in [1.807, 2.05) is 0 Å². The minimum Gasteiger partial charge on any atom is -0.338 e. The third-order valence-electron chi connectivity index (χ3n) is 6.19. The average Bonchev–Trinajstić information content (AvgIpc) is 3.51. The van der Waals surface area contributed by atoms with E-state index in [0.29, 0.717) is 52.7 Å². The fourth-order valence-electron chi connectivity index (χ4n) is 3.92. The van der Waals surface area contributed by atoms with Gasteiger partial charge in [-0.15, -0.1) is 16.4 Å². The summed E-state index contributed by atoms with van der Waals surface area (Å²) in [4.78, 5) is 30.0. The average molecular weight is 545 g/mol. The van der Waals surface area contributed by atoms with Crippen LogP contribution in [0.2, 0.25) is 0 Å². The van der Waals surface area contributed by atoms with Crippen molar-refractivity contribution in [2.75, 3.05) is 18.0 Å². The Morgan fingerprint density at radius 2 is 1.97 bits per heavy atom. The Morgan fingerprint density at radius 1 is 1.18 bits per heavy atom. The molecule has 0 radical (unpaired) electrons. The minimum atomic E-state index is -4.72. The van der Waals surface area contributed by atoms with Gasteiger partial charge in [0.2, 0.25) is 5.82 Å². The molecule has 0 N–H and O–H groups in total. The van der Waals surface area contributed by atoms with Gasteiger partial charge in [-0.1, -0.05) is 19.0 Å². The van der Waals surface area contributed by atoms with Crippen molar-refractivity contribution >= 4 is 28.9 Å². The number of anilines is 2. The first kappa shape index (κ1) is 25.7.